The first-order chi connectivity index (χ1) is 17.9. The number of nitrogens with zero attached hydrogens (tertiary/aromatic N) is 2. The Morgan fingerprint density at radius 2 is 1.70 bits per heavy atom. The Morgan fingerprint density at radius 3 is 2.38 bits per heavy atom. The first-order valence-corrected chi connectivity index (χ1v) is 12.4. The van der Waals surface area contributed by atoms with Gasteiger partial charge in [-0.1, -0.05) is 18.2 Å². The van der Waals surface area contributed by atoms with Gasteiger partial charge in [0, 0.05) is 44.1 Å². The number of hydrogen-bond acceptors (Lipinski definition) is 5. The summed E-state index contributed by atoms with van der Waals surface area (Å²) in [6, 6.07) is 16.6. The fraction of sp³-hybridized carbons (Fsp3) is 0.321. The van der Waals surface area contributed by atoms with Crippen LogP contribution >= 0.6 is 0 Å². The smallest absolute Gasteiger partial charge is 0.323 e. The summed E-state index contributed by atoms with van der Waals surface area (Å²) in [6.45, 7) is 3.06. The maximum Gasteiger partial charge on any atom is 0.323 e. The number of rotatable bonds is 8. The van der Waals surface area contributed by atoms with Gasteiger partial charge >= 0.3 is 6.03 Å². The minimum Gasteiger partial charge on any atom is -0.457 e. The van der Waals surface area contributed by atoms with E-state index >= 15 is 0 Å². The normalized spacial score (nSPS) is 16.8. The molecule has 9 heteroatoms. The van der Waals surface area contributed by atoms with Gasteiger partial charge in [0.2, 0.25) is 11.8 Å². The average Bonchev–Trinajstić information content (AvgIpc) is 3.39. The number of amides is 4. The fourth-order valence-electron chi connectivity index (χ4n) is 4.38. The van der Waals surface area contributed by atoms with Crippen molar-refractivity contribution < 1.29 is 19.1 Å². The molecule has 2 aromatic carbocycles. The molecule has 0 aromatic heterocycles. The summed E-state index contributed by atoms with van der Waals surface area (Å²) in [5, 5.41) is 8.34. The highest BCUT2D eigenvalue weighted by Crippen LogP contribution is 2.26. The van der Waals surface area contributed by atoms with Crippen LogP contribution in [0.2, 0.25) is 0 Å². The molecule has 2 aliphatic rings. The number of para-hydroxylation sites is 1. The number of anilines is 1. The van der Waals surface area contributed by atoms with Gasteiger partial charge in [0.1, 0.15) is 11.5 Å². The number of ether oxygens (including phenoxy) is 1. The Hall–Kier alpha value is -4.27. The zero-order chi connectivity index (χ0) is 26.2. The van der Waals surface area contributed by atoms with Crippen LogP contribution in [0.25, 0.3) is 0 Å². The fourth-order valence-corrected chi connectivity index (χ4v) is 4.38. The number of carbonyl (C=O) groups excluding carboxylic acids is 3. The molecule has 4 amide bonds. The zero-order valence-corrected chi connectivity index (χ0v) is 21.2. The number of likely N-dealkylation sites (N-methyl/N-ethyl adjacent to an activating group) is 1. The van der Waals surface area contributed by atoms with Crippen molar-refractivity contribution in [1.82, 2.24) is 20.4 Å². The van der Waals surface area contributed by atoms with Crippen LogP contribution in [0, 0.1) is 0 Å². The van der Waals surface area contributed by atoms with Crippen LogP contribution in [0.3, 0.4) is 0 Å². The molecular formula is C28H33N5O4. The summed E-state index contributed by atoms with van der Waals surface area (Å²) in [5.74, 6) is 1.15. The van der Waals surface area contributed by atoms with E-state index in [1.54, 1.807) is 24.1 Å². The number of carbonyl (C=O) groups is 3. The van der Waals surface area contributed by atoms with Crippen LogP contribution in [0.5, 0.6) is 11.5 Å². The summed E-state index contributed by atoms with van der Waals surface area (Å²) in [6.07, 6.45) is 6.39. The lowest BCUT2D eigenvalue weighted by Gasteiger charge is -2.28. The maximum atomic E-state index is 12.5. The third-order valence-electron chi connectivity index (χ3n) is 6.49. The molecule has 9 nitrogen and oxygen atoms in total. The monoisotopic (exact) mass is 503 g/mol. The molecule has 1 fully saturated rings. The van der Waals surface area contributed by atoms with Crippen molar-refractivity contribution in [2.24, 2.45) is 0 Å². The molecule has 0 bridgehead atoms. The first-order valence-electron chi connectivity index (χ1n) is 12.4. The van der Waals surface area contributed by atoms with Gasteiger partial charge in [0.15, 0.2) is 0 Å². The molecule has 0 spiro atoms. The molecule has 1 aliphatic carbocycles. The third-order valence-corrected chi connectivity index (χ3v) is 6.49. The van der Waals surface area contributed by atoms with E-state index in [0.717, 1.165) is 43.8 Å². The number of hydrogen-bond donors (Lipinski definition) is 3. The Balaban J connectivity index is 1.24. The van der Waals surface area contributed by atoms with E-state index in [2.05, 4.69) is 20.9 Å². The van der Waals surface area contributed by atoms with E-state index in [9.17, 15) is 14.4 Å². The Labute approximate surface area is 217 Å². The van der Waals surface area contributed by atoms with Crippen molar-refractivity contribution in [3.8, 4) is 11.5 Å². The zero-order valence-electron chi connectivity index (χ0n) is 21.2. The predicted octanol–water partition coefficient (Wildman–Crippen LogP) is 3.83. The van der Waals surface area contributed by atoms with Gasteiger partial charge in [-0.05, 0) is 67.8 Å². The van der Waals surface area contributed by atoms with Crippen molar-refractivity contribution in [3.63, 3.8) is 0 Å². The van der Waals surface area contributed by atoms with E-state index in [1.165, 1.54) is 12.6 Å². The second-order valence-electron chi connectivity index (χ2n) is 9.17. The Kier molecular flexibility index (Phi) is 8.45. The molecule has 0 saturated carbocycles. The molecule has 4 rings (SSSR count). The highest BCUT2D eigenvalue weighted by atomic mass is 16.5. The topological polar surface area (TPSA) is 103 Å². The molecule has 194 valence electrons. The number of urea groups is 1. The number of allylic oxidation sites excluding steroid dienone is 4. The van der Waals surface area contributed by atoms with Gasteiger partial charge in [-0.3, -0.25) is 9.59 Å². The van der Waals surface area contributed by atoms with Gasteiger partial charge in [-0.15, -0.1) is 0 Å². The Bertz CT molecular complexity index is 1180. The molecule has 2 aromatic rings. The van der Waals surface area contributed by atoms with E-state index < -0.39 is 0 Å². The largest absolute Gasteiger partial charge is 0.457 e. The van der Waals surface area contributed by atoms with Gasteiger partial charge < -0.3 is 30.5 Å². The second kappa shape index (κ2) is 12.1. The first kappa shape index (κ1) is 25.8. The summed E-state index contributed by atoms with van der Waals surface area (Å²) < 4.78 is 5.78. The van der Waals surface area contributed by atoms with Gasteiger partial charge in [-0.25, -0.2) is 4.79 Å². The standard InChI is InChI=1S/C28H33N5O4/c1-20(34)29-18-27(35)32(2)24-16-17-33(19-24)23-12-8-21(9-13-23)30-28(36)31-22-10-14-26(15-11-22)37-25-6-4-3-5-7-25/h3-8,10-12,14-15,24H,9,13,16-19H2,1-2H3,(H,29,34)(H2,30,31,36). The minimum atomic E-state index is -0.291. The van der Waals surface area contributed by atoms with Crippen LogP contribution < -0.4 is 20.7 Å². The van der Waals surface area contributed by atoms with Crippen LogP contribution in [0.1, 0.15) is 26.2 Å². The summed E-state index contributed by atoms with van der Waals surface area (Å²) in [4.78, 5) is 39.9. The van der Waals surface area contributed by atoms with Crippen LogP contribution in [-0.4, -0.2) is 60.4 Å². The lowest BCUT2D eigenvalue weighted by molar-refractivity contribution is -0.132. The minimum absolute atomic E-state index is 0.0243. The maximum absolute atomic E-state index is 12.5. The van der Waals surface area contributed by atoms with Crippen molar-refractivity contribution >= 4 is 23.5 Å². The molecule has 1 saturated heterocycles. The highest BCUT2D eigenvalue weighted by molar-refractivity contribution is 5.90. The van der Waals surface area contributed by atoms with E-state index in [-0.39, 0.29) is 30.4 Å². The third kappa shape index (κ3) is 7.36. The van der Waals surface area contributed by atoms with Gasteiger partial charge in [0.25, 0.3) is 0 Å². The van der Waals surface area contributed by atoms with E-state index in [4.69, 9.17) is 4.74 Å². The Morgan fingerprint density at radius 1 is 0.973 bits per heavy atom. The number of benzene rings is 2. The summed E-state index contributed by atoms with van der Waals surface area (Å²) in [7, 11) is 1.79. The van der Waals surface area contributed by atoms with Crippen LogP contribution in [0.15, 0.2) is 78.1 Å². The van der Waals surface area contributed by atoms with Gasteiger partial charge in [0.05, 0.1) is 12.6 Å². The molecule has 1 heterocycles. The predicted molar refractivity (Wildman–Crippen MR) is 142 cm³/mol. The van der Waals surface area contributed by atoms with Crippen LogP contribution in [0.4, 0.5) is 10.5 Å². The van der Waals surface area contributed by atoms with E-state index in [0.29, 0.717) is 11.4 Å². The SMILES string of the molecule is CC(=O)NCC(=O)N(C)C1CCN(C2=CC=C(NC(=O)Nc3ccc(Oc4ccccc4)cc3)CC2)C1. The van der Waals surface area contributed by atoms with Crippen molar-refractivity contribution in [3.05, 3.63) is 78.1 Å². The molecule has 1 atom stereocenters. The number of likely N-dealkylation sites (tertiary alicyclic amines) is 1. The highest BCUT2D eigenvalue weighted by Gasteiger charge is 2.29. The summed E-state index contributed by atoms with van der Waals surface area (Å²) >= 11 is 0. The molecular weight excluding hydrogens is 470 g/mol. The van der Waals surface area contributed by atoms with E-state index in [1.807, 2.05) is 54.6 Å². The molecule has 37 heavy (non-hydrogen) atoms. The molecule has 0 radical (unpaired) electrons. The van der Waals surface area contributed by atoms with Crippen molar-refractivity contribution in [2.45, 2.75) is 32.2 Å². The number of nitrogens with one attached hydrogen (secondary N) is 3. The quantitative estimate of drug-likeness (QED) is 0.508. The van der Waals surface area contributed by atoms with Crippen LogP contribution in [-0.2, 0) is 9.59 Å². The van der Waals surface area contributed by atoms with Gasteiger partial charge in [-0.2, -0.15) is 0 Å². The van der Waals surface area contributed by atoms with Crippen molar-refractivity contribution in [1.29, 1.82) is 0 Å². The lowest BCUT2D eigenvalue weighted by atomic mass is 10.1. The molecule has 3 N–H and O–H groups in total. The van der Waals surface area contributed by atoms with Crippen molar-refractivity contribution in [2.75, 3.05) is 32.0 Å². The summed E-state index contributed by atoms with van der Waals surface area (Å²) in [5.41, 5.74) is 2.72. The molecule has 1 unspecified atom stereocenters. The second-order valence-corrected chi connectivity index (χ2v) is 9.17. The molecule has 1 aliphatic heterocycles. The average molecular weight is 504 g/mol. The lowest BCUT2D eigenvalue weighted by Crippen LogP contribution is -2.44.